The van der Waals surface area contributed by atoms with Gasteiger partial charge >= 0.3 is 11.6 Å². The van der Waals surface area contributed by atoms with Gasteiger partial charge in [0.25, 0.3) is 13.7 Å². The van der Waals surface area contributed by atoms with E-state index in [0.29, 0.717) is 29.6 Å². The number of amides is 1. The summed E-state index contributed by atoms with van der Waals surface area (Å²) < 4.78 is 33.6. The number of hydrogen-bond acceptors (Lipinski definition) is 10. The van der Waals surface area contributed by atoms with Crippen molar-refractivity contribution in [3.05, 3.63) is 40.2 Å². The molecule has 0 aliphatic heterocycles. The van der Waals surface area contributed by atoms with Crippen molar-refractivity contribution in [3.8, 4) is 0 Å². The number of hydrogen-bond donors (Lipinski definition) is 1. The third-order valence-corrected chi connectivity index (χ3v) is 11.1. The van der Waals surface area contributed by atoms with Gasteiger partial charge in [0, 0.05) is 29.3 Å². The summed E-state index contributed by atoms with van der Waals surface area (Å²) in [4.78, 5) is 50.8. The molecular formula is C40H67N2O9PS. The molecule has 0 aliphatic rings. The van der Waals surface area contributed by atoms with Crippen LogP contribution in [0.4, 0.5) is 0 Å². The van der Waals surface area contributed by atoms with E-state index in [-0.39, 0.29) is 18.7 Å². The van der Waals surface area contributed by atoms with Crippen molar-refractivity contribution >= 4 is 42.4 Å². The van der Waals surface area contributed by atoms with Gasteiger partial charge in [-0.15, -0.1) is 11.8 Å². The molecule has 53 heavy (non-hydrogen) atoms. The van der Waals surface area contributed by atoms with Gasteiger partial charge < -0.3 is 32.9 Å². The van der Waals surface area contributed by atoms with Crippen molar-refractivity contribution < 1.29 is 41.7 Å². The van der Waals surface area contributed by atoms with Gasteiger partial charge in [0.05, 0.1) is 21.1 Å². The number of fused-ring (bicyclic) bond motifs is 1. The van der Waals surface area contributed by atoms with Crippen molar-refractivity contribution in [1.82, 2.24) is 5.32 Å². The van der Waals surface area contributed by atoms with Crippen LogP contribution in [-0.4, -0.2) is 75.7 Å². The normalized spacial score (nSPS) is 13.5. The molecule has 2 aromatic rings. The number of nitrogens with zero attached hydrogens (tertiary/aromatic N) is 1. The Kier molecular flexibility index (Phi) is 23.5. The standard InChI is InChI=1S/C40H67N2O9PS/c1-6-7-8-9-10-11-12-15-18-21-26-41-40(45)37(32-49-52(46,47)48-28-27-42(3,4)5)51-38(43)23-20-17-14-13-16-19-22-29-53-34-24-25-35-33(2)30-39(44)50-36(35)31-34/h24-25,30-31,37H,6-23,26-29,32H2,1-5H3,(H-,41,45,46,47). The fourth-order valence-electron chi connectivity index (χ4n) is 5.78. The van der Waals surface area contributed by atoms with Crippen LogP contribution in [0.15, 0.2) is 38.4 Å². The number of ether oxygens (including phenoxy) is 1. The number of carbonyl (C=O) groups excluding carboxylic acids is 2. The molecule has 2 atom stereocenters. The first-order valence-electron chi connectivity index (χ1n) is 19.8. The lowest BCUT2D eigenvalue weighted by Gasteiger charge is -2.28. The number of carbonyl (C=O) groups is 2. The van der Waals surface area contributed by atoms with E-state index >= 15 is 0 Å². The maximum atomic E-state index is 13.0. The first kappa shape index (κ1) is 46.9. The fourth-order valence-corrected chi connectivity index (χ4v) is 7.42. The van der Waals surface area contributed by atoms with E-state index in [4.69, 9.17) is 18.2 Å². The molecule has 2 rings (SSSR count). The number of aryl methyl sites for hydroxylation is 1. The Bertz CT molecular complexity index is 1450. The Morgan fingerprint density at radius 1 is 0.868 bits per heavy atom. The highest BCUT2D eigenvalue weighted by Gasteiger charge is 2.26. The van der Waals surface area contributed by atoms with Crippen molar-refractivity contribution in [2.75, 3.05) is 53.2 Å². The number of rotatable bonds is 31. The SMILES string of the molecule is CCCCCCCCCCCCNC(=O)C(COP(=O)([O-])OCC[N+](C)(C)C)OC(=O)CCCCCCCCCSc1ccc2c(C)cc(=O)oc2c1. The van der Waals surface area contributed by atoms with E-state index in [2.05, 4.69) is 18.3 Å². The number of phosphoric acid groups is 1. The lowest BCUT2D eigenvalue weighted by molar-refractivity contribution is -0.870. The highest BCUT2D eigenvalue weighted by Crippen LogP contribution is 2.38. The Hall–Kier alpha value is -2.21. The third kappa shape index (κ3) is 22.7. The molecule has 13 heteroatoms. The summed E-state index contributed by atoms with van der Waals surface area (Å²) in [5.74, 6) is -0.143. The van der Waals surface area contributed by atoms with Gasteiger partial charge in [-0.1, -0.05) is 96.8 Å². The average molecular weight is 783 g/mol. The van der Waals surface area contributed by atoms with Crippen LogP contribution >= 0.6 is 19.6 Å². The second-order valence-corrected chi connectivity index (χ2v) is 17.6. The smallest absolute Gasteiger partial charge is 0.336 e. The number of thioether (sulfide) groups is 1. The van der Waals surface area contributed by atoms with Crippen LogP contribution in [0.25, 0.3) is 11.0 Å². The van der Waals surface area contributed by atoms with Crippen LogP contribution in [0.3, 0.4) is 0 Å². The Balaban J connectivity index is 1.66. The van der Waals surface area contributed by atoms with Crippen molar-refractivity contribution in [2.45, 2.75) is 140 Å². The van der Waals surface area contributed by atoms with Crippen LogP contribution < -0.4 is 15.8 Å². The molecule has 2 unspecified atom stereocenters. The minimum absolute atomic E-state index is 0.0639. The fraction of sp³-hybridized carbons (Fsp3) is 0.725. The summed E-state index contributed by atoms with van der Waals surface area (Å²) >= 11 is 1.76. The number of likely N-dealkylation sites (N-methyl/N-ethyl adjacent to an activating group) is 1. The molecule has 1 aromatic carbocycles. The van der Waals surface area contributed by atoms with E-state index in [1.54, 1.807) is 11.8 Å². The molecule has 1 amide bonds. The highest BCUT2D eigenvalue weighted by molar-refractivity contribution is 7.99. The number of unbranched alkanes of at least 4 members (excludes halogenated alkanes) is 15. The van der Waals surface area contributed by atoms with E-state index in [9.17, 15) is 23.8 Å². The van der Waals surface area contributed by atoms with Crippen molar-refractivity contribution in [3.63, 3.8) is 0 Å². The molecule has 0 spiro atoms. The quantitative estimate of drug-likeness (QED) is 0.0198. The largest absolute Gasteiger partial charge is 0.756 e. The van der Waals surface area contributed by atoms with Crippen LogP contribution in [0.5, 0.6) is 0 Å². The molecule has 1 aromatic heterocycles. The van der Waals surface area contributed by atoms with Gasteiger partial charge in [-0.3, -0.25) is 14.2 Å². The van der Waals surface area contributed by atoms with Crippen LogP contribution in [-0.2, 0) is 27.9 Å². The van der Waals surface area contributed by atoms with E-state index < -0.39 is 32.4 Å². The molecule has 0 aliphatic carbocycles. The Labute approximate surface area is 322 Å². The summed E-state index contributed by atoms with van der Waals surface area (Å²) in [5, 5.41) is 3.75. The number of nitrogens with one attached hydrogen (secondary N) is 1. The van der Waals surface area contributed by atoms with Gasteiger partial charge in [0.1, 0.15) is 25.3 Å². The molecule has 0 radical (unpaired) electrons. The Morgan fingerprint density at radius 2 is 1.47 bits per heavy atom. The van der Waals surface area contributed by atoms with E-state index in [1.807, 2.05) is 40.2 Å². The van der Waals surface area contributed by atoms with Crippen LogP contribution in [0, 0.1) is 6.92 Å². The maximum absolute atomic E-state index is 13.0. The number of esters is 1. The molecule has 302 valence electrons. The average Bonchev–Trinajstić information content (AvgIpc) is 3.08. The predicted octanol–water partition coefficient (Wildman–Crippen LogP) is 8.47. The molecule has 0 fully saturated rings. The summed E-state index contributed by atoms with van der Waals surface area (Å²) in [6.45, 7) is 4.30. The zero-order valence-electron chi connectivity index (χ0n) is 33.1. The monoisotopic (exact) mass is 782 g/mol. The topological polar surface area (TPSA) is 144 Å². The first-order chi connectivity index (χ1) is 25.3. The van der Waals surface area contributed by atoms with Gasteiger partial charge in [-0.2, -0.15) is 0 Å². The lowest BCUT2D eigenvalue weighted by atomic mass is 10.1. The zero-order valence-corrected chi connectivity index (χ0v) is 34.8. The van der Waals surface area contributed by atoms with Gasteiger partial charge in [-0.05, 0) is 55.7 Å². The predicted molar refractivity (Wildman–Crippen MR) is 212 cm³/mol. The molecule has 0 saturated heterocycles. The van der Waals surface area contributed by atoms with Gasteiger partial charge in [-0.25, -0.2) is 4.79 Å². The highest BCUT2D eigenvalue weighted by atomic mass is 32.2. The zero-order chi connectivity index (χ0) is 39.0. The summed E-state index contributed by atoms with van der Waals surface area (Å²) in [7, 11) is 1.04. The molecule has 1 heterocycles. The molecule has 0 bridgehead atoms. The molecule has 1 N–H and O–H groups in total. The van der Waals surface area contributed by atoms with Gasteiger partial charge in [0.2, 0.25) is 6.10 Å². The second-order valence-electron chi connectivity index (χ2n) is 15.0. The minimum atomic E-state index is -4.69. The number of benzene rings is 1. The number of phosphoric ester groups is 1. The van der Waals surface area contributed by atoms with Gasteiger partial charge in [0.15, 0.2) is 0 Å². The third-order valence-electron chi connectivity index (χ3n) is 9.01. The summed E-state index contributed by atoms with van der Waals surface area (Å²) in [6.07, 6.45) is 17.3. The minimum Gasteiger partial charge on any atom is -0.756 e. The molecular weight excluding hydrogens is 715 g/mol. The molecule has 11 nitrogen and oxygen atoms in total. The molecule has 0 saturated carbocycles. The van der Waals surface area contributed by atoms with Crippen molar-refractivity contribution in [1.29, 1.82) is 0 Å². The van der Waals surface area contributed by atoms with E-state index in [0.717, 1.165) is 79.4 Å². The lowest BCUT2D eigenvalue weighted by Crippen LogP contribution is -2.41. The summed E-state index contributed by atoms with van der Waals surface area (Å²) in [5.41, 5.74) is 1.22. The number of quaternary nitrogens is 1. The Morgan fingerprint density at radius 3 is 2.11 bits per heavy atom. The maximum Gasteiger partial charge on any atom is 0.336 e. The summed E-state index contributed by atoms with van der Waals surface area (Å²) in [6, 6.07) is 7.52. The van der Waals surface area contributed by atoms with Crippen molar-refractivity contribution in [2.24, 2.45) is 0 Å². The first-order valence-corrected chi connectivity index (χ1v) is 22.3. The second kappa shape index (κ2) is 26.6. The van der Waals surface area contributed by atoms with E-state index in [1.165, 1.54) is 51.0 Å². The van der Waals surface area contributed by atoms with Crippen LogP contribution in [0.2, 0.25) is 0 Å². The van der Waals surface area contributed by atoms with Crippen LogP contribution in [0.1, 0.15) is 128 Å².